The molecule has 1 unspecified atom stereocenters. The first kappa shape index (κ1) is 13.5. The van der Waals surface area contributed by atoms with Gasteiger partial charge in [-0.2, -0.15) is 0 Å². The molecule has 0 bridgehead atoms. The Hall–Kier alpha value is -0.520. The first-order valence-electron chi connectivity index (χ1n) is 5.59. The molecule has 0 aliphatic heterocycles. The molecule has 0 aliphatic rings. The number of nitrogens with two attached hydrogens (primary N) is 1. The molecular formula is C12H24N2. The van der Waals surface area contributed by atoms with Gasteiger partial charge >= 0.3 is 0 Å². The van der Waals surface area contributed by atoms with Gasteiger partial charge in [0.2, 0.25) is 0 Å². The lowest BCUT2D eigenvalue weighted by molar-refractivity contribution is 0.0793. The van der Waals surface area contributed by atoms with Crippen LogP contribution in [0.1, 0.15) is 40.5 Å². The van der Waals surface area contributed by atoms with E-state index in [0.29, 0.717) is 0 Å². The Morgan fingerprint density at radius 2 is 1.64 bits per heavy atom. The van der Waals surface area contributed by atoms with Crippen molar-refractivity contribution in [2.75, 3.05) is 13.1 Å². The molecule has 0 aromatic heterocycles. The van der Waals surface area contributed by atoms with Crippen LogP contribution < -0.4 is 5.73 Å². The highest BCUT2D eigenvalue weighted by Gasteiger charge is 2.36. The largest absolute Gasteiger partial charge is 0.316 e. The first-order chi connectivity index (χ1) is 6.62. The van der Waals surface area contributed by atoms with Crippen LogP contribution in [0.2, 0.25) is 0 Å². The highest BCUT2D eigenvalue weighted by atomic mass is 15.2. The van der Waals surface area contributed by atoms with Crippen LogP contribution in [0.25, 0.3) is 0 Å². The Kier molecular flexibility index (Phi) is 5.83. The second-order valence-corrected chi connectivity index (χ2v) is 3.63. The van der Waals surface area contributed by atoms with E-state index >= 15 is 0 Å². The topological polar surface area (TPSA) is 29.3 Å². The highest BCUT2D eigenvalue weighted by molar-refractivity contribution is 5.11. The predicted molar refractivity (Wildman–Crippen MR) is 63.0 cm³/mol. The average molecular weight is 196 g/mol. The number of likely N-dealkylation sites (N-methyl/N-ethyl adjacent to an activating group) is 1. The monoisotopic (exact) mass is 196 g/mol. The number of hydrogen-bond donors (Lipinski definition) is 1. The SMILES string of the molecule is C#CC(N)C(CC)(CC)N(CC)CC. The molecule has 0 radical (unpaired) electrons. The molecule has 1 atom stereocenters. The molecule has 2 nitrogen and oxygen atoms in total. The minimum absolute atomic E-state index is 0.0156. The molecule has 0 heterocycles. The molecule has 0 rings (SSSR count). The summed E-state index contributed by atoms with van der Waals surface area (Å²) in [5.41, 5.74) is 6.03. The van der Waals surface area contributed by atoms with E-state index in [4.69, 9.17) is 12.2 Å². The van der Waals surface area contributed by atoms with E-state index in [1.54, 1.807) is 0 Å². The number of rotatable bonds is 6. The van der Waals surface area contributed by atoms with Crippen molar-refractivity contribution in [2.45, 2.75) is 52.1 Å². The summed E-state index contributed by atoms with van der Waals surface area (Å²) in [5, 5.41) is 0. The zero-order chi connectivity index (χ0) is 11.2. The van der Waals surface area contributed by atoms with Crippen molar-refractivity contribution in [3.05, 3.63) is 0 Å². The third-order valence-corrected chi connectivity index (χ3v) is 3.38. The van der Waals surface area contributed by atoms with Crippen molar-refractivity contribution in [1.29, 1.82) is 0 Å². The highest BCUT2D eigenvalue weighted by Crippen LogP contribution is 2.26. The fraction of sp³-hybridized carbons (Fsp3) is 0.833. The molecule has 0 aromatic carbocycles. The zero-order valence-electron chi connectivity index (χ0n) is 10.0. The second kappa shape index (κ2) is 6.06. The van der Waals surface area contributed by atoms with Crippen molar-refractivity contribution in [3.8, 4) is 12.3 Å². The normalized spacial score (nSPS) is 14.1. The van der Waals surface area contributed by atoms with Crippen LogP contribution in [0.4, 0.5) is 0 Å². The van der Waals surface area contributed by atoms with Gasteiger partial charge in [-0.1, -0.05) is 33.6 Å². The number of hydrogen-bond acceptors (Lipinski definition) is 2. The standard InChI is InChI=1S/C12H24N2/c1-6-11(13)12(7-2,8-3)14(9-4)10-5/h1,11H,7-10,13H2,2-5H3. The van der Waals surface area contributed by atoms with E-state index < -0.39 is 0 Å². The van der Waals surface area contributed by atoms with Crippen LogP contribution in [0.3, 0.4) is 0 Å². The molecule has 2 heteroatoms. The van der Waals surface area contributed by atoms with E-state index in [0.717, 1.165) is 25.9 Å². The van der Waals surface area contributed by atoms with Crippen LogP contribution in [-0.2, 0) is 0 Å². The Labute approximate surface area is 88.9 Å². The van der Waals surface area contributed by atoms with E-state index in [1.807, 2.05) is 0 Å². The van der Waals surface area contributed by atoms with Crippen LogP contribution in [0.15, 0.2) is 0 Å². The summed E-state index contributed by atoms with van der Waals surface area (Å²) in [7, 11) is 0. The van der Waals surface area contributed by atoms with Crippen LogP contribution in [0.5, 0.6) is 0 Å². The molecule has 0 saturated carbocycles. The van der Waals surface area contributed by atoms with Gasteiger partial charge in [-0.25, -0.2) is 0 Å². The first-order valence-corrected chi connectivity index (χ1v) is 5.59. The summed E-state index contributed by atoms with van der Waals surface area (Å²) >= 11 is 0. The Morgan fingerprint density at radius 1 is 1.21 bits per heavy atom. The van der Waals surface area contributed by atoms with Gasteiger partial charge in [0.1, 0.15) is 0 Å². The van der Waals surface area contributed by atoms with Gasteiger partial charge in [-0.15, -0.1) is 6.42 Å². The van der Waals surface area contributed by atoms with Crippen LogP contribution in [-0.4, -0.2) is 29.6 Å². The molecule has 0 aliphatic carbocycles. The van der Waals surface area contributed by atoms with Crippen LogP contribution >= 0.6 is 0 Å². The molecule has 82 valence electrons. The molecule has 0 spiro atoms. The van der Waals surface area contributed by atoms with Crippen molar-refractivity contribution >= 4 is 0 Å². The smallest absolute Gasteiger partial charge is 0.0848 e. The molecule has 0 saturated heterocycles. The van der Waals surface area contributed by atoms with E-state index in [1.165, 1.54) is 0 Å². The average Bonchev–Trinajstić information content (AvgIpc) is 2.25. The molecule has 0 aromatic rings. The van der Waals surface area contributed by atoms with Gasteiger partial charge in [-0.05, 0) is 25.9 Å². The summed E-state index contributed by atoms with van der Waals surface area (Å²) in [6.07, 6.45) is 7.48. The summed E-state index contributed by atoms with van der Waals surface area (Å²) in [4.78, 5) is 2.39. The van der Waals surface area contributed by atoms with E-state index in [9.17, 15) is 0 Å². The number of nitrogens with zero attached hydrogens (tertiary/aromatic N) is 1. The fourth-order valence-corrected chi connectivity index (χ4v) is 2.34. The van der Waals surface area contributed by atoms with E-state index in [2.05, 4.69) is 38.5 Å². The second-order valence-electron chi connectivity index (χ2n) is 3.63. The van der Waals surface area contributed by atoms with Gasteiger partial charge in [-0.3, -0.25) is 4.90 Å². The molecule has 2 N–H and O–H groups in total. The summed E-state index contributed by atoms with van der Waals surface area (Å²) in [5.74, 6) is 2.69. The van der Waals surface area contributed by atoms with Gasteiger partial charge in [0.25, 0.3) is 0 Å². The van der Waals surface area contributed by atoms with Crippen LogP contribution in [0, 0.1) is 12.3 Å². The van der Waals surface area contributed by atoms with Crippen molar-refractivity contribution in [2.24, 2.45) is 5.73 Å². The molecule has 0 amide bonds. The molecule has 0 fully saturated rings. The third kappa shape index (κ3) is 2.29. The minimum Gasteiger partial charge on any atom is -0.316 e. The third-order valence-electron chi connectivity index (χ3n) is 3.38. The van der Waals surface area contributed by atoms with Gasteiger partial charge in [0.15, 0.2) is 0 Å². The quantitative estimate of drug-likeness (QED) is 0.657. The number of terminal acetylenes is 1. The minimum atomic E-state index is -0.169. The Bertz CT molecular complexity index is 185. The lowest BCUT2D eigenvalue weighted by Gasteiger charge is -2.44. The summed E-state index contributed by atoms with van der Waals surface area (Å²) < 4.78 is 0. The predicted octanol–water partition coefficient (Wildman–Crippen LogP) is 1.85. The van der Waals surface area contributed by atoms with Gasteiger partial charge in [0, 0.05) is 5.54 Å². The van der Waals surface area contributed by atoms with Gasteiger partial charge in [0.05, 0.1) is 6.04 Å². The molecular weight excluding hydrogens is 172 g/mol. The fourth-order valence-electron chi connectivity index (χ4n) is 2.34. The lowest BCUT2D eigenvalue weighted by Crippen LogP contribution is -2.58. The Balaban J connectivity index is 4.95. The zero-order valence-corrected chi connectivity index (χ0v) is 10.0. The summed E-state index contributed by atoms with van der Waals surface area (Å²) in [6, 6.07) is -0.169. The summed E-state index contributed by atoms with van der Waals surface area (Å²) in [6.45, 7) is 10.7. The Morgan fingerprint density at radius 3 is 1.86 bits per heavy atom. The lowest BCUT2D eigenvalue weighted by atomic mass is 9.83. The molecule has 14 heavy (non-hydrogen) atoms. The maximum Gasteiger partial charge on any atom is 0.0848 e. The maximum absolute atomic E-state index is 6.05. The van der Waals surface area contributed by atoms with Crippen molar-refractivity contribution in [1.82, 2.24) is 4.90 Å². The van der Waals surface area contributed by atoms with Crippen molar-refractivity contribution in [3.63, 3.8) is 0 Å². The van der Waals surface area contributed by atoms with E-state index in [-0.39, 0.29) is 11.6 Å². The maximum atomic E-state index is 6.05. The van der Waals surface area contributed by atoms with Gasteiger partial charge < -0.3 is 5.73 Å². The van der Waals surface area contributed by atoms with Crippen molar-refractivity contribution < 1.29 is 0 Å².